The standard InChI is InChI=1S/C28H36N4O6/c1-35-20-28(34)31(12-11-30-13-15-38-16-14-30)19-27(33)32-25(23-9-4-5-10-26(23)37-3)18-24(29-32)21-7-6-8-22(17-21)36-2/h4-10,17,25H,11-16,18-20H2,1-3H3. The molecule has 204 valence electrons. The fourth-order valence-electron chi connectivity index (χ4n) is 4.73. The molecule has 0 bridgehead atoms. The van der Waals surface area contributed by atoms with Crippen LogP contribution < -0.4 is 9.47 Å². The highest BCUT2D eigenvalue weighted by Crippen LogP contribution is 2.37. The van der Waals surface area contributed by atoms with Crippen molar-refractivity contribution in [1.29, 1.82) is 0 Å². The smallest absolute Gasteiger partial charge is 0.262 e. The van der Waals surface area contributed by atoms with Gasteiger partial charge in [-0.25, -0.2) is 5.01 Å². The van der Waals surface area contributed by atoms with Crippen LogP contribution in [-0.4, -0.2) is 106 Å². The monoisotopic (exact) mass is 524 g/mol. The van der Waals surface area contributed by atoms with E-state index in [1.807, 2.05) is 48.5 Å². The first kappa shape index (κ1) is 27.6. The molecule has 1 fully saturated rings. The van der Waals surface area contributed by atoms with E-state index in [9.17, 15) is 9.59 Å². The molecule has 1 saturated heterocycles. The predicted octanol–water partition coefficient (Wildman–Crippen LogP) is 2.19. The summed E-state index contributed by atoms with van der Waals surface area (Å²) < 4.78 is 21.5. The molecule has 0 N–H and O–H groups in total. The molecule has 2 aliphatic heterocycles. The number of carbonyl (C=O) groups excluding carboxylic acids is 2. The quantitative estimate of drug-likeness (QED) is 0.445. The summed E-state index contributed by atoms with van der Waals surface area (Å²) in [5.41, 5.74) is 2.49. The molecule has 2 amide bonds. The minimum atomic E-state index is -0.376. The molecule has 2 aromatic carbocycles. The van der Waals surface area contributed by atoms with Gasteiger partial charge in [0.1, 0.15) is 24.7 Å². The zero-order chi connectivity index (χ0) is 26.9. The van der Waals surface area contributed by atoms with Crippen LogP contribution in [0, 0.1) is 0 Å². The van der Waals surface area contributed by atoms with Gasteiger partial charge in [-0.1, -0.05) is 30.3 Å². The Labute approximate surface area is 223 Å². The molecular formula is C28H36N4O6. The normalized spacial score (nSPS) is 17.7. The minimum Gasteiger partial charge on any atom is -0.497 e. The van der Waals surface area contributed by atoms with Crippen LogP contribution >= 0.6 is 0 Å². The lowest BCUT2D eigenvalue weighted by atomic mass is 9.97. The van der Waals surface area contributed by atoms with Crippen LogP contribution in [0.3, 0.4) is 0 Å². The number of morpholine rings is 1. The molecule has 0 saturated carbocycles. The third-order valence-corrected chi connectivity index (χ3v) is 6.80. The van der Waals surface area contributed by atoms with E-state index in [2.05, 4.69) is 4.90 Å². The summed E-state index contributed by atoms with van der Waals surface area (Å²) in [5.74, 6) is 0.879. The second kappa shape index (κ2) is 13.4. The lowest BCUT2D eigenvalue weighted by molar-refractivity contribution is -0.143. The largest absolute Gasteiger partial charge is 0.497 e. The molecule has 10 heteroatoms. The molecule has 1 atom stereocenters. The van der Waals surface area contributed by atoms with Crippen LogP contribution in [0.25, 0.3) is 0 Å². The Balaban J connectivity index is 1.59. The predicted molar refractivity (Wildman–Crippen MR) is 142 cm³/mol. The number of nitrogens with zero attached hydrogens (tertiary/aromatic N) is 4. The summed E-state index contributed by atoms with van der Waals surface area (Å²) in [5, 5.41) is 6.26. The number of benzene rings is 2. The zero-order valence-electron chi connectivity index (χ0n) is 22.3. The van der Waals surface area contributed by atoms with Gasteiger partial charge in [-0.3, -0.25) is 14.5 Å². The van der Waals surface area contributed by atoms with Crippen LogP contribution in [0.1, 0.15) is 23.6 Å². The van der Waals surface area contributed by atoms with Crippen molar-refractivity contribution < 1.29 is 28.5 Å². The molecule has 1 unspecified atom stereocenters. The number of amides is 2. The number of methoxy groups -OCH3 is 3. The maximum atomic E-state index is 13.8. The number of hydrogen-bond acceptors (Lipinski definition) is 8. The van der Waals surface area contributed by atoms with Crippen LogP contribution in [0.15, 0.2) is 53.6 Å². The second-order valence-electron chi connectivity index (χ2n) is 9.18. The number of hydrogen-bond donors (Lipinski definition) is 0. The molecular weight excluding hydrogens is 488 g/mol. The second-order valence-corrected chi connectivity index (χ2v) is 9.18. The summed E-state index contributed by atoms with van der Waals surface area (Å²) >= 11 is 0. The summed E-state index contributed by atoms with van der Waals surface area (Å²) in [6, 6.07) is 14.9. The third-order valence-electron chi connectivity index (χ3n) is 6.80. The molecule has 10 nitrogen and oxygen atoms in total. The Hall–Kier alpha value is -3.47. The number of hydrazone groups is 1. The van der Waals surface area contributed by atoms with Crippen molar-refractivity contribution in [2.45, 2.75) is 12.5 Å². The van der Waals surface area contributed by atoms with Crippen molar-refractivity contribution in [1.82, 2.24) is 14.8 Å². The Morgan fingerprint density at radius 3 is 2.58 bits per heavy atom. The lowest BCUT2D eigenvalue weighted by Gasteiger charge is -2.31. The van der Waals surface area contributed by atoms with Crippen LogP contribution in [0.5, 0.6) is 11.5 Å². The van der Waals surface area contributed by atoms with Gasteiger partial charge in [-0.2, -0.15) is 5.10 Å². The van der Waals surface area contributed by atoms with Gasteiger partial charge >= 0.3 is 0 Å². The summed E-state index contributed by atoms with van der Waals surface area (Å²) in [4.78, 5) is 30.5. The van der Waals surface area contributed by atoms with Crippen LogP contribution in [0.4, 0.5) is 0 Å². The number of rotatable bonds is 11. The summed E-state index contributed by atoms with van der Waals surface area (Å²) in [6.45, 7) is 3.81. The van der Waals surface area contributed by atoms with Gasteiger partial charge < -0.3 is 23.8 Å². The van der Waals surface area contributed by atoms with Gasteiger partial charge in [0.15, 0.2) is 0 Å². The number of carbonyl (C=O) groups is 2. The van der Waals surface area contributed by atoms with Crippen LogP contribution in [-0.2, 0) is 19.1 Å². The van der Waals surface area contributed by atoms with Crippen LogP contribution in [0.2, 0.25) is 0 Å². The summed E-state index contributed by atoms with van der Waals surface area (Å²) in [6.07, 6.45) is 0.499. The van der Waals surface area contributed by atoms with E-state index in [1.54, 1.807) is 19.1 Å². The highest BCUT2D eigenvalue weighted by atomic mass is 16.5. The Morgan fingerprint density at radius 2 is 1.84 bits per heavy atom. The van der Waals surface area contributed by atoms with Crippen molar-refractivity contribution in [3.05, 3.63) is 59.7 Å². The topological polar surface area (TPSA) is 93.1 Å². The molecule has 0 aromatic heterocycles. The fourth-order valence-corrected chi connectivity index (χ4v) is 4.73. The highest BCUT2D eigenvalue weighted by Gasteiger charge is 2.36. The van der Waals surface area contributed by atoms with E-state index in [-0.39, 0.29) is 31.0 Å². The summed E-state index contributed by atoms with van der Waals surface area (Å²) in [7, 11) is 4.70. The number of ether oxygens (including phenoxy) is 4. The van der Waals surface area contributed by atoms with Crippen molar-refractivity contribution in [3.63, 3.8) is 0 Å². The molecule has 0 spiro atoms. The average molecular weight is 525 g/mol. The van der Waals surface area contributed by atoms with E-state index in [0.717, 1.165) is 29.9 Å². The molecule has 38 heavy (non-hydrogen) atoms. The van der Waals surface area contributed by atoms with Gasteiger partial charge in [0.25, 0.3) is 5.91 Å². The highest BCUT2D eigenvalue weighted by molar-refractivity contribution is 6.03. The fraction of sp³-hybridized carbons (Fsp3) is 0.464. The van der Waals surface area contributed by atoms with Crippen molar-refractivity contribution in [2.24, 2.45) is 5.10 Å². The minimum absolute atomic E-state index is 0.0926. The Kier molecular flexibility index (Phi) is 9.69. The van der Waals surface area contributed by atoms with E-state index in [4.69, 9.17) is 24.0 Å². The van der Waals surface area contributed by atoms with Crippen molar-refractivity contribution in [2.75, 3.05) is 73.9 Å². The van der Waals surface area contributed by atoms with E-state index in [0.29, 0.717) is 44.2 Å². The maximum Gasteiger partial charge on any atom is 0.262 e. The van der Waals surface area contributed by atoms with E-state index >= 15 is 0 Å². The average Bonchev–Trinajstić information content (AvgIpc) is 3.41. The molecule has 2 aromatic rings. The van der Waals surface area contributed by atoms with E-state index in [1.165, 1.54) is 12.1 Å². The zero-order valence-corrected chi connectivity index (χ0v) is 22.3. The van der Waals surface area contributed by atoms with Crippen molar-refractivity contribution in [3.8, 4) is 11.5 Å². The van der Waals surface area contributed by atoms with Crippen molar-refractivity contribution >= 4 is 17.5 Å². The molecule has 2 heterocycles. The Bertz CT molecular complexity index is 1130. The van der Waals surface area contributed by atoms with E-state index < -0.39 is 0 Å². The Morgan fingerprint density at radius 1 is 1.05 bits per heavy atom. The van der Waals surface area contributed by atoms with Gasteiger partial charge in [-0.15, -0.1) is 0 Å². The first-order chi connectivity index (χ1) is 18.5. The lowest BCUT2D eigenvalue weighted by Crippen LogP contribution is -2.47. The molecule has 4 rings (SSSR count). The van der Waals surface area contributed by atoms with Gasteiger partial charge in [-0.05, 0) is 18.2 Å². The molecule has 0 aliphatic carbocycles. The third kappa shape index (κ3) is 6.69. The van der Waals surface area contributed by atoms with Gasteiger partial charge in [0.05, 0.1) is 39.2 Å². The molecule has 2 aliphatic rings. The first-order valence-electron chi connectivity index (χ1n) is 12.8. The first-order valence-corrected chi connectivity index (χ1v) is 12.8. The van der Waals surface area contributed by atoms with Gasteiger partial charge in [0, 0.05) is 50.8 Å². The van der Waals surface area contributed by atoms with Gasteiger partial charge in [0.2, 0.25) is 5.91 Å². The maximum absolute atomic E-state index is 13.8. The number of para-hydroxylation sites is 1. The SMILES string of the molecule is COCC(=O)N(CCN1CCOCC1)CC(=O)N1N=C(c2cccc(OC)c2)CC1c1ccccc1OC. The molecule has 0 radical (unpaired) electrons.